The van der Waals surface area contributed by atoms with Crippen LogP contribution in [0.3, 0.4) is 0 Å². The molecule has 0 bridgehead atoms. The van der Waals surface area contributed by atoms with Crippen molar-refractivity contribution in [2.45, 2.75) is 19.1 Å². The summed E-state index contributed by atoms with van der Waals surface area (Å²) < 4.78 is 33.7. The zero-order valence-electron chi connectivity index (χ0n) is 10.6. The summed E-state index contributed by atoms with van der Waals surface area (Å²) in [6.07, 6.45) is 2.78. The number of aromatic nitrogens is 3. The van der Waals surface area contributed by atoms with Gasteiger partial charge in [0.15, 0.2) is 5.60 Å². The minimum atomic E-state index is -1.18. The second-order valence-electron chi connectivity index (χ2n) is 4.75. The molecule has 1 saturated heterocycles. The fourth-order valence-corrected chi connectivity index (χ4v) is 2.42. The van der Waals surface area contributed by atoms with Gasteiger partial charge in [0, 0.05) is 11.6 Å². The predicted molar refractivity (Wildman–Crippen MR) is 63.3 cm³/mol. The largest absolute Gasteiger partial charge is 0.451 e. The van der Waals surface area contributed by atoms with Crippen LogP contribution in [0.2, 0.25) is 0 Å². The van der Waals surface area contributed by atoms with Crippen molar-refractivity contribution in [3.8, 4) is 0 Å². The molecule has 0 radical (unpaired) electrons. The Balaban J connectivity index is 2.04. The van der Waals surface area contributed by atoms with E-state index in [1.807, 2.05) is 0 Å². The highest BCUT2D eigenvalue weighted by Gasteiger charge is 2.56. The third-order valence-corrected chi connectivity index (χ3v) is 3.59. The molecule has 1 aliphatic rings. The van der Waals surface area contributed by atoms with E-state index in [9.17, 15) is 13.6 Å². The summed E-state index contributed by atoms with van der Waals surface area (Å²) >= 11 is 0. The Morgan fingerprint density at radius 3 is 2.80 bits per heavy atom. The molecule has 2 unspecified atom stereocenters. The van der Waals surface area contributed by atoms with Crippen LogP contribution in [0.25, 0.3) is 0 Å². The summed E-state index contributed by atoms with van der Waals surface area (Å²) in [6.45, 7) is 1.77. The zero-order valence-corrected chi connectivity index (χ0v) is 10.6. The third-order valence-electron chi connectivity index (χ3n) is 3.59. The summed E-state index contributed by atoms with van der Waals surface area (Å²) in [7, 11) is 0. The maximum atomic E-state index is 14.0. The van der Waals surface area contributed by atoms with Crippen molar-refractivity contribution in [2.24, 2.45) is 5.92 Å². The average molecular weight is 279 g/mol. The van der Waals surface area contributed by atoms with Crippen molar-refractivity contribution < 1.29 is 18.3 Å². The number of carbonyl (C=O) groups is 1. The van der Waals surface area contributed by atoms with Gasteiger partial charge in [-0.15, -0.1) is 0 Å². The Labute approximate surface area is 113 Å². The molecule has 1 aromatic carbocycles. The molecule has 0 spiro atoms. The number of cyclic esters (lactones) is 1. The fraction of sp³-hybridized carbons (Fsp3) is 0.308. The molecule has 0 aliphatic carbocycles. The molecule has 20 heavy (non-hydrogen) atoms. The lowest BCUT2D eigenvalue weighted by Crippen LogP contribution is -2.56. The van der Waals surface area contributed by atoms with Crippen LogP contribution in [0.5, 0.6) is 0 Å². The Bertz CT molecular complexity index is 660. The van der Waals surface area contributed by atoms with Gasteiger partial charge in [-0.05, 0) is 19.1 Å². The molecule has 2 atom stereocenters. The van der Waals surface area contributed by atoms with E-state index in [0.29, 0.717) is 0 Å². The number of halogens is 2. The first-order valence-corrected chi connectivity index (χ1v) is 6.04. The van der Waals surface area contributed by atoms with Crippen LogP contribution >= 0.6 is 0 Å². The molecule has 1 fully saturated rings. The molecular weight excluding hydrogens is 268 g/mol. The van der Waals surface area contributed by atoms with Gasteiger partial charge in [0.25, 0.3) is 0 Å². The average Bonchev–Trinajstić information content (AvgIpc) is 2.90. The Morgan fingerprint density at radius 1 is 1.45 bits per heavy atom. The number of nitrogens with zero attached hydrogens (tertiary/aromatic N) is 3. The van der Waals surface area contributed by atoms with Crippen molar-refractivity contribution in [3.05, 3.63) is 48.1 Å². The quantitative estimate of drug-likeness (QED) is 0.802. The SMILES string of the molecule is CC1C(=O)OC1(Cn1cncn1)c1ccc(F)cc1F. The van der Waals surface area contributed by atoms with Crippen LogP contribution < -0.4 is 0 Å². The van der Waals surface area contributed by atoms with E-state index in [1.165, 1.54) is 23.4 Å². The maximum absolute atomic E-state index is 14.0. The molecule has 5 nitrogen and oxygen atoms in total. The van der Waals surface area contributed by atoms with Crippen LogP contribution in [0.1, 0.15) is 12.5 Å². The third kappa shape index (κ3) is 1.77. The topological polar surface area (TPSA) is 57.0 Å². The van der Waals surface area contributed by atoms with E-state index in [-0.39, 0.29) is 12.1 Å². The van der Waals surface area contributed by atoms with Gasteiger partial charge < -0.3 is 4.74 Å². The molecule has 0 N–H and O–H groups in total. The molecule has 3 rings (SSSR count). The number of benzene rings is 1. The zero-order chi connectivity index (χ0) is 14.3. The number of rotatable bonds is 3. The molecule has 1 aliphatic heterocycles. The monoisotopic (exact) mass is 279 g/mol. The Hall–Kier alpha value is -2.31. The van der Waals surface area contributed by atoms with Crippen molar-refractivity contribution in [1.82, 2.24) is 14.8 Å². The van der Waals surface area contributed by atoms with Crippen LogP contribution in [-0.2, 0) is 21.7 Å². The standard InChI is InChI=1S/C13H11F2N3O2/c1-8-12(19)20-13(8,5-18-7-16-6-17-18)10-3-2-9(14)4-11(10)15/h2-4,6-8H,5H2,1H3. The smallest absolute Gasteiger partial charge is 0.314 e. The molecule has 2 heterocycles. The highest BCUT2D eigenvalue weighted by Crippen LogP contribution is 2.45. The van der Waals surface area contributed by atoms with Crippen LogP contribution in [-0.4, -0.2) is 20.7 Å². The van der Waals surface area contributed by atoms with Gasteiger partial charge in [-0.25, -0.2) is 18.4 Å². The van der Waals surface area contributed by atoms with E-state index in [2.05, 4.69) is 10.1 Å². The number of esters is 1. The van der Waals surface area contributed by atoms with Gasteiger partial charge in [-0.3, -0.25) is 4.79 Å². The van der Waals surface area contributed by atoms with E-state index in [4.69, 9.17) is 4.74 Å². The van der Waals surface area contributed by atoms with Gasteiger partial charge in [0.05, 0.1) is 6.54 Å². The lowest BCUT2D eigenvalue weighted by atomic mass is 9.77. The number of ether oxygens (including phenoxy) is 1. The lowest BCUT2D eigenvalue weighted by Gasteiger charge is -2.46. The number of carbonyl (C=O) groups excluding carboxylic acids is 1. The summed E-state index contributed by atoms with van der Waals surface area (Å²) in [6, 6.07) is 3.21. The second-order valence-corrected chi connectivity index (χ2v) is 4.75. The van der Waals surface area contributed by atoms with Crippen molar-refractivity contribution in [3.63, 3.8) is 0 Å². The summed E-state index contributed by atoms with van der Waals surface area (Å²) in [5.41, 5.74) is -1.04. The second kappa shape index (κ2) is 4.36. The first kappa shape index (κ1) is 12.7. The summed E-state index contributed by atoms with van der Waals surface area (Å²) in [5.74, 6) is -2.40. The molecule has 7 heteroatoms. The van der Waals surface area contributed by atoms with Gasteiger partial charge in [0.2, 0.25) is 0 Å². The van der Waals surface area contributed by atoms with Gasteiger partial charge >= 0.3 is 5.97 Å². The maximum Gasteiger partial charge on any atom is 0.314 e. The highest BCUT2D eigenvalue weighted by atomic mass is 19.1. The predicted octanol–water partition coefficient (Wildman–Crippen LogP) is 1.64. The van der Waals surface area contributed by atoms with Crippen molar-refractivity contribution in [1.29, 1.82) is 0 Å². The van der Waals surface area contributed by atoms with E-state index >= 15 is 0 Å². The number of hydrogen-bond acceptors (Lipinski definition) is 4. The Morgan fingerprint density at radius 2 is 2.25 bits per heavy atom. The van der Waals surface area contributed by atoms with E-state index in [1.54, 1.807) is 6.92 Å². The fourth-order valence-electron chi connectivity index (χ4n) is 2.42. The number of hydrogen-bond donors (Lipinski definition) is 0. The van der Waals surface area contributed by atoms with Gasteiger partial charge in [-0.2, -0.15) is 5.10 Å². The summed E-state index contributed by atoms with van der Waals surface area (Å²) in [5, 5.41) is 3.93. The highest BCUT2D eigenvalue weighted by molar-refractivity contribution is 5.80. The molecular formula is C13H11F2N3O2. The van der Waals surface area contributed by atoms with Crippen LogP contribution in [0, 0.1) is 17.6 Å². The molecule has 104 valence electrons. The lowest BCUT2D eigenvalue weighted by molar-refractivity contribution is -0.219. The van der Waals surface area contributed by atoms with Crippen LogP contribution in [0.15, 0.2) is 30.9 Å². The molecule has 2 aromatic rings. The molecule has 0 saturated carbocycles. The minimum absolute atomic E-state index is 0.127. The Kier molecular flexibility index (Phi) is 2.77. The summed E-state index contributed by atoms with van der Waals surface area (Å²) in [4.78, 5) is 15.3. The van der Waals surface area contributed by atoms with Crippen LogP contribution in [0.4, 0.5) is 8.78 Å². The first-order valence-electron chi connectivity index (χ1n) is 6.04. The minimum Gasteiger partial charge on any atom is -0.451 e. The first-order chi connectivity index (χ1) is 9.53. The van der Waals surface area contributed by atoms with Crippen molar-refractivity contribution in [2.75, 3.05) is 0 Å². The normalized spacial score (nSPS) is 25.1. The molecule has 1 aromatic heterocycles. The van der Waals surface area contributed by atoms with E-state index < -0.39 is 29.1 Å². The van der Waals surface area contributed by atoms with Gasteiger partial charge in [0.1, 0.15) is 30.2 Å². The van der Waals surface area contributed by atoms with E-state index in [0.717, 1.165) is 12.1 Å². The van der Waals surface area contributed by atoms with Crippen molar-refractivity contribution >= 4 is 5.97 Å². The molecule has 0 amide bonds. The van der Waals surface area contributed by atoms with Gasteiger partial charge in [-0.1, -0.05) is 0 Å².